The highest BCUT2D eigenvalue weighted by atomic mass is 16.1. The van der Waals surface area contributed by atoms with E-state index in [1.54, 1.807) is 29.5 Å². The van der Waals surface area contributed by atoms with Crippen molar-refractivity contribution in [3.63, 3.8) is 0 Å². The van der Waals surface area contributed by atoms with E-state index in [1.165, 1.54) is 0 Å². The topological polar surface area (TPSA) is 82.6 Å². The third-order valence-corrected chi connectivity index (χ3v) is 4.65. The molecule has 0 aliphatic carbocycles. The minimum Gasteiger partial charge on any atom is -0.321 e. The van der Waals surface area contributed by atoms with Gasteiger partial charge in [-0.25, -0.2) is 4.98 Å². The highest BCUT2D eigenvalue weighted by molar-refractivity contribution is 6.02. The van der Waals surface area contributed by atoms with Gasteiger partial charge in [0.15, 0.2) is 5.69 Å². The lowest BCUT2D eigenvalue weighted by molar-refractivity contribution is 0.102. The first-order valence-corrected chi connectivity index (χ1v) is 9.03. The predicted octanol–water partition coefficient (Wildman–Crippen LogP) is 2.83. The molecule has 142 valence electrons. The van der Waals surface area contributed by atoms with Crippen molar-refractivity contribution >= 4 is 11.6 Å². The van der Waals surface area contributed by atoms with Crippen molar-refractivity contribution in [2.75, 3.05) is 5.32 Å². The Morgan fingerprint density at radius 3 is 2.50 bits per heavy atom. The fourth-order valence-electron chi connectivity index (χ4n) is 2.90. The fourth-order valence-corrected chi connectivity index (χ4v) is 2.90. The lowest BCUT2D eigenvalue weighted by Gasteiger charge is -2.08. The van der Waals surface area contributed by atoms with E-state index in [0.29, 0.717) is 24.5 Å². The van der Waals surface area contributed by atoms with E-state index in [1.807, 2.05) is 59.6 Å². The number of imidazole rings is 1. The van der Waals surface area contributed by atoms with Crippen LogP contribution in [0.4, 0.5) is 5.69 Å². The van der Waals surface area contributed by atoms with Crippen molar-refractivity contribution in [2.24, 2.45) is 0 Å². The molecular formula is C20H21N7O. The Hall–Kier alpha value is -3.68. The third kappa shape index (κ3) is 3.71. The van der Waals surface area contributed by atoms with Crippen LogP contribution in [0.25, 0.3) is 5.69 Å². The molecule has 0 atom stereocenters. The normalized spacial score (nSPS) is 10.9. The molecule has 4 aromatic rings. The average molecular weight is 375 g/mol. The van der Waals surface area contributed by atoms with Gasteiger partial charge in [-0.2, -0.15) is 10.2 Å². The van der Waals surface area contributed by atoms with Gasteiger partial charge in [0, 0.05) is 35.7 Å². The van der Waals surface area contributed by atoms with Crippen LogP contribution in [0.1, 0.15) is 21.9 Å². The molecule has 3 heterocycles. The summed E-state index contributed by atoms with van der Waals surface area (Å²) < 4.78 is 5.58. The number of aromatic nitrogens is 6. The number of carbonyl (C=O) groups excluding carboxylic acids is 1. The fraction of sp³-hybridized carbons (Fsp3) is 0.200. The highest BCUT2D eigenvalue weighted by Gasteiger charge is 2.11. The quantitative estimate of drug-likeness (QED) is 0.562. The summed E-state index contributed by atoms with van der Waals surface area (Å²) in [5.41, 5.74) is 4.19. The number of hydrogen-bond acceptors (Lipinski definition) is 4. The summed E-state index contributed by atoms with van der Waals surface area (Å²) in [6, 6.07) is 11.2. The number of nitrogens with zero attached hydrogens (tertiary/aromatic N) is 6. The molecule has 0 aliphatic heterocycles. The van der Waals surface area contributed by atoms with Gasteiger partial charge in [-0.15, -0.1) is 0 Å². The highest BCUT2D eigenvalue weighted by Crippen LogP contribution is 2.17. The van der Waals surface area contributed by atoms with Crippen LogP contribution >= 0.6 is 0 Å². The number of nitrogens with one attached hydrogen (secondary N) is 1. The van der Waals surface area contributed by atoms with Crippen molar-refractivity contribution in [1.29, 1.82) is 0 Å². The van der Waals surface area contributed by atoms with Crippen LogP contribution < -0.4 is 5.32 Å². The lowest BCUT2D eigenvalue weighted by Crippen LogP contribution is -2.14. The Labute approximate surface area is 162 Å². The predicted molar refractivity (Wildman–Crippen MR) is 105 cm³/mol. The van der Waals surface area contributed by atoms with Gasteiger partial charge in [0.2, 0.25) is 0 Å². The molecule has 0 fully saturated rings. The summed E-state index contributed by atoms with van der Waals surface area (Å²) in [5.74, 6) is -0.236. The zero-order valence-corrected chi connectivity index (χ0v) is 15.8. The molecule has 0 saturated heterocycles. The number of rotatable bonds is 6. The van der Waals surface area contributed by atoms with E-state index in [4.69, 9.17) is 0 Å². The van der Waals surface area contributed by atoms with Crippen LogP contribution in [0.5, 0.6) is 0 Å². The standard InChI is InChI=1S/C20H21N7O/c1-15-16(2)27(14-21-15)18-6-4-17(5-7-18)23-20(28)19-8-11-26(24-19)13-12-25-10-3-9-22-25/h3-11,14H,12-13H2,1-2H3,(H,23,28). The zero-order valence-electron chi connectivity index (χ0n) is 15.8. The van der Waals surface area contributed by atoms with E-state index < -0.39 is 0 Å². The molecule has 3 aromatic heterocycles. The largest absolute Gasteiger partial charge is 0.321 e. The SMILES string of the molecule is Cc1ncn(-c2ccc(NC(=O)c3ccn(CCn4cccn4)n3)cc2)c1C. The summed E-state index contributed by atoms with van der Waals surface area (Å²) in [5, 5.41) is 11.4. The van der Waals surface area contributed by atoms with Crippen molar-refractivity contribution < 1.29 is 4.79 Å². The molecule has 8 nitrogen and oxygen atoms in total. The number of hydrogen-bond donors (Lipinski definition) is 1. The summed E-state index contributed by atoms with van der Waals surface area (Å²) in [7, 11) is 0. The minimum absolute atomic E-state index is 0.236. The molecule has 0 saturated carbocycles. The third-order valence-electron chi connectivity index (χ3n) is 4.65. The van der Waals surface area contributed by atoms with Gasteiger partial charge in [-0.3, -0.25) is 14.2 Å². The molecular weight excluding hydrogens is 354 g/mol. The molecule has 1 N–H and O–H groups in total. The van der Waals surface area contributed by atoms with E-state index >= 15 is 0 Å². The molecule has 8 heteroatoms. The minimum atomic E-state index is -0.236. The maximum atomic E-state index is 12.5. The molecule has 1 aromatic carbocycles. The van der Waals surface area contributed by atoms with Gasteiger partial charge < -0.3 is 9.88 Å². The number of aryl methyl sites for hydroxylation is 3. The van der Waals surface area contributed by atoms with Crippen LogP contribution in [0.2, 0.25) is 0 Å². The van der Waals surface area contributed by atoms with Gasteiger partial charge >= 0.3 is 0 Å². The molecule has 28 heavy (non-hydrogen) atoms. The van der Waals surface area contributed by atoms with Crippen molar-refractivity contribution in [1.82, 2.24) is 29.1 Å². The average Bonchev–Trinajstić information content (AvgIpc) is 3.44. The second-order valence-electron chi connectivity index (χ2n) is 6.52. The van der Waals surface area contributed by atoms with E-state index in [-0.39, 0.29) is 5.91 Å². The molecule has 0 spiro atoms. The number of anilines is 1. The van der Waals surface area contributed by atoms with Gasteiger partial charge in [0.05, 0.1) is 25.1 Å². The van der Waals surface area contributed by atoms with Gasteiger partial charge in [0.25, 0.3) is 5.91 Å². The Bertz CT molecular complexity index is 1070. The monoisotopic (exact) mass is 375 g/mol. The summed E-state index contributed by atoms with van der Waals surface area (Å²) >= 11 is 0. The summed E-state index contributed by atoms with van der Waals surface area (Å²) in [6.45, 7) is 5.35. The van der Waals surface area contributed by atoms with Gasteiger partial charge in [0.1, 0.15) is 0 Å². The second kappa shape index (κ2) is 7.51. The molecule has 0 unspecified atom stereocenters. The van der Waals surface area contributed by atoms with Crippen LogP contribution in [0.15, 0.2) is 61.3 Å². The number of benzene rings is 1. The molecule has 0 radical (unpaired) electrons. The second-order valence-corrected chi connectivity index (χ2v) is 6.52. The van der Waals surface area contributed by atoms with Gasteiger partial charge in [-0.05, 0) is 50.2 Å². The van der Waals surface area contributed by atoms with Crippen LogP contribution in [-0.4, -0.2) is 35.0 Å². The van der Waals surface area contributed by atoms with E-state index in [0.717, 1.165) is 17.1 Å². The van der Waals surface area contributed by atoms with Crippen molar-refractivity contribution in [2.45, 2.75) is 26.9 Å². The van der Waals surface area contributed by atoms with Crippen LogP contribution in [0.3, 0.4) is 0 Å². The molecule has 0 aliphatic rings. The molecule has 1 amide bonds. The first kappa shape index (κ1) is 17.7. The Kier molecular flexibility index (Phi) is 4.76. The smallest absolute Gasteiger partial charge is 0.276 e. The number of amides is 1. The van der Waals surface area contributed by atoms with E-state index in [9.17, 15) is 4.79 Å². The Morgan fingerprint density at radius 1 is 1.04 bits per heavy atom. The molecule has 4 rings (SSSR count). The van der Waals surface area contributed by atoms with Crippen LogP contribution in [0, 0.1) is 13.8 Å². The van der Waals surface area contributed by atoms with Gasteiger partial charge in [-0.1, -0.05) is 0 Å². The lowest BCUT2D eigenvalue weighted by atomic mass is 10.2. The first-order chi connectivity index (χ1) is 13.6. The number of carbonyl (C=O) groups is 1. The van der Waals surface area contributed by atoms with E-state index in [2.05, 4.69) is 20.5 Å². The maximum absolute atomic E-state index is 12.5. The summed E-state index contributed by atoms with van der Waals surface area (Å²) in [4.78, 5) is 16.8. The summed E-state index contributed by atoms with van der Waals surface area (Å²) in [6.07, 6.45) is 7.23. The maximum Gasteiger partial charge on any atom is 0.276 e. The first-order valence-electron chi connectivity index (χ1n) is 9.03. The van der Waals surface area contributed by atoms with Crippen molar-refractivity contribution in [3.8, 4) is 5.69 Å². The zero-order chi connectivity index (χ0) is 19.5. The molecule has 0 bridgehead atoms. The van der Waals surface area contributed by atoms with Crippen LogP contribution in [-0.2, 0) is 13.1 Å². The van der Waals surface area contributed by atoms with Crippen molar-refractivity contribution in [3.05, 3.63) is 78.4 Å². The Balaban J connectivity index is 1.39. The Morgan fingerprint density at radius 2 is 1.82 bits per heavy atom.